The number of H-pyrrole nitrogens is 1. The van der Waals surface area contributed by atoms with Crippen LogP contribution >= 0.6 is 0 Å². The Morgan fingerprint density at radius 3 is 2.70 bits per heavy atom. The molecular formula is C19H18FN7. The Kier molecular flexibility index (Phi) is 4.69. The third kappa shape index (κ3) is 3.74. The lowest BCUT2D eigenvalue weighted by atomic mass is 10.1. The Morgan fingerprint density at radius 2 is 1.93 bits per heavy atom. The largest absolute Gasteiger partial charge is 0.366 e. The molecule has 136 valence electrons. The summed E-state index contributed by atoms with van der Waals surface area (Å²) in [7, 11) is 0. The highest BCUT2D eigenvalue weighted by atomic mass is 19.1. The summed E-state index contributed by atoms with van der Waals surface area (Å²) in [6.07, 6.45) is 9.77. The van der Waals surface area contributed by atoms with E-state index in [-0.39, 0.29) is 0 Å². The van der Waals surface area contributed by atoms with Crippen LogP contribution in [0.2, 0.25) is 0 Å². The smallest absolute Gasteiger partial charge is 0.218 e. The van der Waals surface area contributed by atoms with Gasteiger partial charge in [-0.2, -0.15) is 4.39 Å². The number of anilines is 1. The topological polar surface area (TPSA) is 92.3 Å². The zero-order valence-electron chi connectivity index (χ0n) is 14.8. The number of nitrogens with zero attached hydrogens (tertiary/aromatic N) is 5. The van der Waals surface area contributed by atoms with Crippen LogP contribution in [0.15, 0.2) is 43.2 Å². The predicted octanol–water partition coefficient (Wildman–Crippen LogP) is 3.05. The van der Waals surface area contributed by atoms with Crippen molar-refractivity contribution in [3.63, 3.8) is 0 Å². The Labute approximate surface area is 155 Å². The van der Waals surface area contributed by atoms with Crippen LogP contribution in [-0.2, 0) is 19.4 Å². The first-order valence-electron chi connectivity index (χ1n) is 8.68. The van der Waals surface area contributed by atoms with E-state index in [0.717, 1.165) is 34.4 Å². The molecule has 2 N–H and O–H groups in total. The summed E-state index contributed by atoms with van der Waals surface area (Å²) in [4.78, 5) is 23.8. The molecule has 27 heavy (non-hydrogen) atoms. The fourth-order valence-electron chi connectivity index (χ4n) is 2.81. The Balaban J connectivity index is 1.45. The van der Waals surface area contributed by atoms with Gasteiger partial charge in [-0.3, -0.25) is 0 Å². The molecule has 0 aliphatic rings. The number of hydrogen-bond donors (Lipinski definition) is 2. The fourth-order valence-corrected chi connectivity index (χ4v) is 2.81. The van der Waals surface area contributed by atoms with Crippen molar-refractivity contribution >= 4 is 16.9 Å². The molecule has 8 heteroatoms. The molecule has 0 spiro atoms. The standard InChI is InChI=1S/C19H18FN7/c1-2-16-22-6-12(7-23-16)8-24-17-4-3-13(18(20)27-17)5-14-9-25-19-15(14)10-21-11-26-19/h3-4,6-7,9-11H,2,5,8H2,1H3,(H,24,27)(H,21,25,26). The number of hydrogen-bond acceptors (Lipinski definition) is 6. The lowest BCUT2D eigenvalue weighted by Gasteiger charge is -2.08. The highest BCUT2D eigenvalue weighted by molar-refractivity contribution is 5.78. The van der Waals surface area contributed by atoms with Crippen molar-refractivity contribution in [1.29, 1.82) is 0 Å². The van der Waals surface area contributed by atoms with E-state index in [1.165, 1.54) is 6.33 Å². The molecule has 4 heterocycles. The lowest BCUT2D eigenvalue weighted by molar-refractivity contribution is 0.571. The van der Waals surface area contributed by atoms with Gasteiger partial charge in [0.1, 0.15) is 23.6 Å². The van der Waals surface area contributed by atoms with Gasteiger partial charge in [0.2, 0.25) is 5.95 Å². The van der Waals surface area contributed by atoms with Gasteiger partial charge in [-0.15, -0.1) is 0 Å². The number of halogens is 1. The highest BCUT2D eigenvalue weighted by Gasteiger charge is 2.10. The van der Waals surface area contributed by atoms with Gasteiger partial charge in [-0.1, -0.05) is 13.0 Å². The second-order valence-electron chi connectivity index (χ2n) is 6.14. The van der Waals surface area contributed by atoms with Crippen LogP contribution in [0.4, 0.5) is 10.2 Å². The van der Waals surface area contributed by atoms with Gasteiger partial charge in [-0.25, -0.2) is 24.9 Å². The van der Waals surface area contributed by atoms with Crippen LogP contribution in [0.1, 0.15) is 29.4 Å². The number of aromatic nitrogens is 6. The number of pyridine rings is 1. The molecule has 0 amide bonds. The molecule has 0 saturated carbocycles. The molecule has 4 aromatic rings. The van der Waals surface area contributed by atoms with Gasteiger partial charge in [0.15, 0.2) is 0 Å². The lowest BCUT2D eigenvalue weighted by Crippen LogP contribution is -2.05. The van der Waals surface area contributed by atoms with Crippen molar-refractivity contribution in [2.45, 2.75) is 26.3 Å². The van der Waals surface area contributed by atoms with Gasteiger partial charge in [0.05, 0.1) is 0 Å². The number of aromatic amines is 1. The predicted molar refractivity (Wildman–Crippen MR) is 99.6 cm³/mol. The van der Waals surface area contributed by atoms with Gasteiger partial charge in [-0.05, 0) is 11.6 Å². The fraction of sp³-hybridized carbons (Fsp3) is 0.211. The van der Waals surface area contributed by atoms with Gasteiger partial charge in [0, 0.05) is 60.7 Å². The minimum absolute atomic E-state index is 0.415. The summed E-state index contributed by atoms with van der Waals surface area (Å²) < 4.78 is 14.4. The molecule has 0 aliphatic carbocycles. The van der Waals surface area contributed by atoms with E-state index in [1.54, 1.807) is 30.7 Å². The third-order valence-corrected chi connectivity index (χ3v) is 4.30. The van der Waals surface area contributed by atoms with Gasteiger partial charge < -0.3 is 10.3 Å². The average Bonchev–Trinajstić information content (AvgIpc) is 3.11. The number of fused-ring (bicyclic) bond motifs is 1. The first kappa shape index (κ1) is 17.0. The first-order valence-corrected chi connectivity index (χ1v) is 8.68. The molecule has 4 aromatic heterocycles. The van der Waals surface area contributed by atoms with E-state index in [9.17, 15) is 4.39 Å². The maximum atomic E-state index is 14.4. The molecule has 0 unspecified atom stereocenters. The van der Waals surface area contributed by atoms with E-state index >= 15 is 0 Å². The van der Waals surface area contributed by atoms with Crippen molar-refractivity contribution in [2.75, 3.05) is 5.32 Å². The number of aryl methyl sites for hydroxylation is 1. The summed E-state index contributed by atoms with van der Waals surface area (Å²) in [6.45, 7) is 2.49. The Bertz CT molecular complexity index is 1060. The van der Waals surface area contributed by atoms with Crippen molar-refractivity contribution < 1.29 is 4.39 Å². The highest BCUT2D eigenvalue weighted by Crippen LogP contribution is 2.20. The van der Waals surface area contributed by atoms with E-state index in [0.29, 0.717) is 24.3 Å². The minimum atomic E-state index is -0.496. The Hall–Kier alpha value is -3.42. The maximum absolute atomic E-state index is 14.4. The van der Waals surface area contributed by atoms with Crippen molar-refractivity contribution in [3.8, 4) is 0 Å². The Morgan fingerprint density at radius 1 is 1.07 bits per heavy atom. The average molecular weight is 363 g/mol. The van der Waals surface area contributed by atoms with Crippen LogP contribution in [0.5, 0.6) is 0 Å². The van der Waals surface area contributed by atoms with Crippen LogP contribution in [0, 0.1) is 5.95 Å². The quantitative estimate of drug-likeness (QED) is 0.512. The second kappa shape index (κ2) is 7.45. The molecule has 0 atom stereocenters. The van der Waals surface area contributed by atoms with E-state index < -0.39 is 5.95 Å². The van der Waals surface area contributed by atoms with Crippen LogP contribution < -0.4 is 5.32 Å². The SMILES string of the molecule is CCc1ncc(CNc2ccc(Cc3c[nH]c4ncncc34)c(F)n2)cn1. The first-order chi connectivity index (χ1) is 13.2. The van der Waals surface area contributed by atoms with E-state index in [4.69, 9.17) is 0 Å². The summed E-state index contributed by atoms with van der Waals surface area (Å²) >= 11 is 0. The van der Waals surface area contributed by atoms with E-state index in [1.807, 2.05) is 13.1 Å². The monoisotopic (exact) mass is 363 g/mol. The van der Waals surface area contributed by atoms with Crippen LogP contribution in [0.25, 0.3) is 11.0 Å². The second-order valence-corrected chi connectivity index (χ2v) is 6.14. The molecular weight excluding hydrogens is 345 g/mol. The van der Waals surface area contributed by atoms with Crippen molar-refractivity contribution in [1.82, 2.24) is 29.9 Å². The summed E-state index contributed by atoms with van der Waals surface area (Å²) in [5, 5.41) is 3.98. The summed E-state index contributed by atoms with van der Waals surface area (Å²) in [5.41, 5.74) is 3.10. The number of rotatable bonds is 6. The van der Waals surface area contributed by atoms with Gasteiger partial charge in [0.25, 0.3) is 0 Å². The molecule has 0 saturated heterocycles. The molecule has 0 fully saturated rings. The molecule has 0 bridgehead atoms. The van der Waals surface area contributed by atoms with E-state index in [2.05, 4.69) is 35.2 Å². The number of nitrogens with one attached hydrogen (secondary N) is 2. The molecule has 7 nitrogen and oxygen atoms in total. The summed E-state index contributed by atoms with van der Waals surface area (Å²) in [5.74, 6) is 0.775. The zero-order valence-corrected chi connectivity index (χ0v) is 14.8. The maximum Gasteiger partial charge on any atom is 0.218 e. The van der Waals surface area contributed by atoms with Crippen LogP contribution in [0.3, 0.4) is 0 Å². The summed E-state index contributed by atoms with van der Waals surface area (Å²) in [6, 6.07) is 3.51. The van der Waals surface area contributed by atoms with Crippen molar-refractivity contribution in [2.24, 2.45) is 0 Å². The van der Waals surface area contributed by atoms with Crippen LogP contribution in [-0.4, -0.2) is 29.9 Å². The minimum Gasteiger partial charge on any atom is -0.366 e. The normalized spacial score (nSPS) is 11.0. The van der Waals surface area contributed by atoms with Crippen molar-refractivity contribution in [3.05, 3.63) is 71.7 Å². The molecule has 0 radical (unpaired) electrons. The molecule has 0 aromatic carbocycles. The molecule has 0 aliphatic heterocycles. The zero-order chi connectivity index (χ0) is 18.6. The van der Waals surface area contributed by atoms with Gasteiger partial charge >= 0.3 is 0 Å². The third-order valence-electron chi connectivity index (χ3n) is 4.30. The molecule has 4 rings (SSSR count).